The number of alkyl halides is 1. The molecule has 0 aromatic heterocycles. The minimum atomic E-state index is -0.709. The second kappa shape index (κ2) is 11.5. The third kappa shape index (κ3) is 6.32. The standard InChI is InChI=1S/C24H28BrClN2O2/c25-20-11-7-10-19(16-20)23(24(30)27-21-12-5-2-6-13-21)28(22(29)17-26)15-14-18-8-3-1-4-9-18/h1,3-4,7-11,16,21,23H,2,5-6,12-15,17H2,(H,27,30)/t23-/m0/s1. The van der Waals surface area contributed by atoms with Crippen LogP contribution in [0.3, 0.4) is 0 Å². The molecule has 2 aromatic rings. The summed E-state index contributed by atoms with van der Waals surface area (Å²) in [7, 11) is 0. The molecule has 3 rings (SSSR count). The Labute approximate surface area is 192 Å². The predicted molar refractivity (Wildman–Crippen MR) is 124 cm³/mol. The SMILES string of the molecule is O=C(NC1CCCCC1)[C@H](c1cccc(Br)c1)N(CCc1ccccc1)C(=O)CCl. The molecule has 160 valence electrons. The zero-order valence-corrected chi connectivity index (χ0v) is 19.4. The van der Waals surface area contributed by atoms with E-state index < -0.39 is 6.04 Å². The Balaban J connectivity index is 1.87. The highest BCUT2D eigenvalue weighted by atomic mass is 79.9. The summed E-state index contributed by atoms with van der Waals surface area (Å²) < 4.78 is 0.872. The van der Waals surface area contributed by atoms with Crippen LogP contribution in [0.1, 0.15) is 49.3 Å². The topological polar surface area (TPSA) is 49.4 Å². The lowest BCUT2D eigenvalue weighted by molar-refractivity contribution is -0.139. The molecule has 0 radical (unpaired) electrons. The molecule has 1 saturated carbocycles. The Morgan fingerprint density at radius 2 is 1.80 bits per heavy atom. The first-order chi connectivity index (χ1) is 14.6. The molecule has 0 saturated heterocycles. The lowest BCUT2D eigenvalue weighted by atomic mass is 9.94. The summed E-state index contributed by atoms with van der Waals surface area (Å²) in [6.07, 6.45) is 6.12. The lowest BCUT2D eigenvalue weighted by Crippen LogP contribution is -2.48. The van der Waals surface area contributed by atoms with E-state index in [0.717, 1.165) is 41.3 Å². The normalized spacial score (nSPS) is 15.4. The summed E-state index contributed by atoms with van der Waals surface area (Å²) >= 11 is 9.45. The van der Waals surface area contributed by atoms with Crippen LogP contribution in [-0.2, 0) is 16.0 Å². The first-order valence-corrected chi connectivity index (χ1v) is 11.9. The minimum absolute atomic E-state index is 0.133. The van der Waals surface area contributed by atoms with Crippen molar-refractivity contribution in [3.63, 3.8) is 0 Å². The van der Waals surface area contributed by atoms with Crippen LogP contribution in [0.4, 0.5) is 0 Å². The Hall–Kier alpha value is -1.85. The summed E-state index contributed by atoms with van der Waals surface area (Å²) in [5.74, 6) is -0.529. The molecule has 0 spiro atoms. The van der Waals surface area contributed by atoms with Gasteiger partial charge in [-0.05, 0) is 42.5 Å². The Bertz CT molecular complexity index is 840. The molecular formula is C24H28BrClN2O2. The van der Waals surface area contributed by atoms with E-state index in [4.69, 9.17) is 11.6 Å². The molecule has 0 unspecified atom stereocenters. The molecule has 0 heterocycles. The maximum atomic E-state index is 13.4. The molecule has 0 aliphatic heterocycles. The van der Waals surface area contributed by atoms with Gasteiger partial charge >= 0.3 is 0 Å². The van der Waals surface area contributed by atoms with Crippen LogP contribution in [0, 0.1) is 0 Å². The minimum Gasteiger partial charge on any atom is -0.351 e. The quantitative estimate of drug-likeness (QED) is 0.513. The first kappa shape index (κ1) is 22.8. The van der Waals surface area contributed by atoms with Gasteiger partial charge in [0.05, 0.1) is 0 Å². The molecule has 1 atom stereocenters. The molecule has 2 amide bonds. The molecule has 1 aliphatic carbocycles. The first-order valence-electron chi connectivity index (χ1n) is 10.5. The molecule has 30 heavy (non-hydrogen) atoms. The number of nitrogens with one attached hydrogen (secondary N) is 1. The second-order valence-corrected chi connectivity index (χ2v) is 8.94. The molecule has 1 aliphatic rings. The number of nitrogens with zero attached hydrogens (tertiary/aromatic N) is 1. The average molecular weight is 492 g/mol. The van der Waals surface area contributed by atoms with E-state index in [9.17, 15) is 9.59 Å². The monoisotopic (exact) mass is 490 g/mol. The number of benzene rings is 2. The average Bonchev–Trinajstić information content (AvgIpc) is 2.77. The fourth-order valence-corrected chi connectivity index (χ4v) is 4.62. The van der Waals surface area contributed by atoms with Gasteiger partial charge < -0.3 is 10.2 Å². The van der Waals surface area contributed by atoms with E-state index in [2.05, 4.69) is 21.2 Å². The zero-order valence-electron chi connectivity index (χ0n) is 17.0. The number of carbonyl (C=O) groups is 2. The fraction of sp³-hybridized carbons (Fsp3) is 0.417. The van der Waals surface area contributed by atoms with Crippen LogP contribution >= 0.6 is 27.5 Å². The fourth-order valence-electron chi connectivity index (χ4n) is 4.05. The van der Waals surface area contributed by atoms with Gasteiger partial charge in [-0.3, -0.25) is 9.59 Å². The lowest BCUT2D eigenvalue weighted by Gasteiger charge is -2.33. The van der Waals surface area contributed by atoms with Crippen molar-refractivity contribution in [1.29, 1.82) is 0 Å². The summed E-state index contributed by atoms with van der Waals surface area (Å²) in [6.45, 7) is 0.421. The number of rotatable bonds is 8. The number of halogens is 2. The van der Waals surface area contributed by atoms with E-state index in [0.29, 0.717) is 13.0 Å². The van der Waals surface area contributed by atoms with Gasteiger partial charge in [0, 0.05) is 17.1 Å². The van der Waals surface area contributed by atoms with Crippen molar-refractivity contribution in [1.82, 2.24) is 10.2 Å². The van der Waals surface area contributed by atoms with E-state index >= 15 is 0 Å². The molecule has 4 nitrogen and oxygen atoms in total. The van der Waals surface area contributed by atoms with Crippen molar-refractivity contribution in [2.75, 3.05) is 12.4 Å². The molecule has 0 bridgehead atoms. The smallest absolute Gasteiger partial charge is 0.247 e. The van der Waals surface area contributed by atoms with Gasteiger partial charge in [-0.25, -0.2) is 0 Å². The van der Waals surface area contributed by atoms with Gasteiger partial charge in [0.25, 0.3) is 0 Å². The van der Waals surface area contributed by atoms with Crippen LogP contribution in [0.15, 0.2) is 59.1 Å². The van der Waals surface area contributed by atoms with Gasteiger partial charge in [-0.15, -0.1) is 11.6 Å². The second-order valence-electron chi connectivity index (χ2n) is 7.76. The molecule has 2 aromatic carbocycles. The summed E-state index contributed by atoms with van der Waals surface area (Å²) in [6, 6.07) is 17.0. The largest absolute Gasteiger partial charge is 0.351 e. The van der Waals surface area contributed by atoms with Gasteiger partial charge in [0.1, 0.15) is 11.9 Å². The summed E-state index contributed by atoms with van der Waals surface area (Å²) in [5.41, 5.74) is 1.90. The van der Waals surface area contributed by atoms with Gasteiger partial charge in [-0.2, -0.15) is 0 Å². The highest BCUT2D eigenvalue weighted by molar-refractivity contribution is 9.10. The third-order valence-electron chi connectivity index (χ3n) is 5.59. The molecule has 1 fully saturated rings. The summed E-state index contributed by atoms with van der Waals surface area (Å²) in [4.78, 5) is 27.9. The van der Waals surface area contributed by atoms with Gasteiger partial charge in [-0.1, -0.05) is 77.7 Å². The van der Waals surface area contributed by atoms with Crippen molar-refractivity contribution in [2.24, 2.45) is 0 Å². The van der Waals surface area contributed by atoms with Gasteiger partial charge in [0.15, 0.2) is 0 Å². The van der Waals surface area contributed by atoms with Crippen molar-refractivity contribution in [3.8, 4) is 0 Å². The van der Waals surface area contributed by atoms with Crippen molar-refractivity contribution in [3.05, 3.63) is 70.2 Å². The highest BCUT2D eigenvalue weighted by Gasteiger charge is 2.32. The van der Waals surface area contributed by atoms with Crippen LogP contribution in [0.5, 0.6) is 0 Å². The number of hydrogen-bond donors (Lipinski definition) is 1. The highest BCUT2D eigenvalue weighted by Crippen LogP contribution is 2.26. The maximum absolute atomic E-state index is 13.4. The van der Waals surface area contributed by atoms with E-state index in [1.165, 1.54) is 6.42 Å². The number of hydrogen-bond acceptors (Lipinski definition) is 2. The van der Waals surface area contributed by atoms with Crippen molar-refractivity contribution >= 4 is 39.3 Å². The number of carbonyl (C=O) groups excluding carboxylic acids is 2. The van der Waals surface area contributed by atoms with Crippen molar-refractivity contribution in [2.45, 2.75) is 50.6 Å². The van der Waals surface area contributed by atoms with Crippen LogP contribution in [-0.4, -0.2) is 35.2 Å². The van der Waals surface area contributed by atoms with Crippen LogP contribution < -0.4 is 5.32 Å². The van der Waals surface area contributed by atoms with E-state index in [1.54, 1.807) is 4.90 Å². The maximum Gasteiger partial charge on any atom is 0.247 e. The van der Waals surface area contributed by atoms with Crippen LogP contribution in [0.25, 0.3) is 0 Å². The zero-order chi connectivity index (χ0) is 21.3. The van der Waals surface area contributed by atoms with E-state index in [-0.39, 0.29) is 23.7 Å². The Kier molecular flexibility index (Phi) is 8.76. The number of amides is 2. The Morgan fingerprint density at radius 3 is 2.47 bits per heavy atom. The molecule has 1 N–H and O–H groups in total. The van der Waals surface area contributed by atoms with Gasteiger partial charge in [0.2, 0.25) is 11.8 Å². The van der Waals surface area contributed by atoms with E-state index in [1.807, 2.05) is 54.6 Å². The van der Waals surface area contributed by atoms with Crippen molar-refractivity contribution < 1.29 is 9.59 Å². The summed E-state index contributed by atoms with van der Waals surface area (Å²) in [5, 5.41) is 3.20. The predicted octanol–water partition coefficient (Wildman–Crippen LogP) is 5.25. The van der Waals surface area contributed by atoms with Crippen LogP contribution in [0.2, 0.25) is 0 Å². The Morgan fingerprint density at radius 1 is 1.07 bits per heavy atom. The molecular weight excluding hydrogens is 464 g/mol. The molecule has 6 heteroatoms. The third-order valence-corrected chi connectivity index (χ3v) is 6.32.